The van der Waals surface area contributed by atoms with Crippen LogP contribution >= 0.6 is 22.7 Å². The van der Waals surface area contributed by atoms with E-state index in [9.17, 15) is 0 Å². The number of hydrogen-bond acceptors (Lipinski definition) is 4. The van der Waals surface area contributed by atoms with Crippen molar-refractivity contribution in [3.8, 4) is 77.9 Å². The van der Waals surface area contributed by atoms with Gasteiger partial charge < -0.3 is 9.80 Å². The van der Waals surface area contributed by atoms with E-state index in [2.05, 4.69) is 410 Å². The molecule has 0 radical (unpaired) electrons. The van der Waals surface area contributed by atoms with Crippen molar-refractivity contribution in [2.75, 3.05) is 9.80 Å². The normalized spacial score (nSPS) is 11.7. The topological polar surface area (TPSA) is 6.48 Å². The van der Waals surface area contributed by atoms with Gasteiger partial charge in [-0.2, -0.15) is 0 Å². The van der Waals surface area contributed by atoms with Crippen molar-refractivity contribution in [2.24, 2.45) is 0 Å². The molecule has 0 aliphatic carbocycles. The molecular weight excluding hydrogens is 1340 g/mol. The Kier molecular flexibility index (Phi) is 15.3. The van der Waals surface area contributed by atoms with Crippen LogP contribution in [-0.4, -0.2) is 0 Å². The first-order valence-electron chi connectivity index (χ1n) is 37.0. The van der Waals surface area contributed by atoms with E-state index in [4.69, 9.17) is 0 Å². The number of fused-ring (bicyclic) bond motifs is 14. The van der Waals surface area contributed by atoms with Crippen molar-refractivity contribution >= 4 is 151 Å². The van der Waals surface area contributed by atoms with Crippen LogP contribution in [0.4, 0.5) is 34.1 Å². The first kappa shape index (κ1) is 63.0. The molecule has 2 heterocycles. The van der Waals surface area contributed by atoms with Crippen molar-refractivity contribution in [2.45, 2.75) is 0 Å². The van der Waals surface area contributed by atoms with Crippen LogP contribution in [0.3, 0.4) is 0 Å². The third-order valence-corrected chi connectivity index (χ3v) is 24.5. The van der Waals surface area contributed by atoms with Gasteiger partial charge in [-0.15, -0.1) is 22.7 Å². The standard InChI is InChI=1S/C104H66N2S2/c1-2-24-83-70(18-1)19-13-31-85(83)75-20-11-22-81(64-75)105(79-59-50-72(51-60-79)87-34-16-38-98-96-29-7-9-40-101(96)107-103(87)98)77-55-46-68(47-56-77)67-42-44-71(45-43-67)84-32-14-37-90-86(33-15-36-89(84)90)76-21-12-23-82(65-76)106(80-61-52-73(53-62-80)88-35-17-39-99-97-30-8-10-41-102(97)108-104(88)99)78-57-48-69(49-58-78)74-54-63-95-93-27-4-3-25-91(93)92-26-5-6-28-94(92)100(95)66-74/h1-66H. The van der Waals surface area contributed by atoms with E-state index < -0.39 is 0 Å². The number of thiophene rings is 2. The summed E-state index contributed by atoms with van der Waals surface area (Å²) in [7, 11) is 0. The van der Waals surface area contributed by atoms with E-state index in [1.165, 1.54) is 155 Å². The highest BCUT2D eigenvalue weighted by Crippen LogP contribution is 2.48. The molecule has 21 rings (SSSR count). The highest BCUT2D eigenvalue weighted by molar-refractivity contribution is 7.26. The van der Waals surface area contributed by atoms with Crippen LogP contribution in [0.2, 0.25) is 0 Å². The molecule has 504 valence electrons. The summed E-state index contributed by atoms with van der Waals surface area (Å²) in [5.74, 6) is 0. The maximum absolute atomic E-state index is 2.42. The minimum atomic E-state index is 1.07. The van der Waals surface area contributed by atoms with Gasteiger partial charge in [-0.25, -0.2) is 0 Å². The van der Waals surface area contributed by atoms with Crippen molar-refractivity contribution in [1.29, 1.82) is 0 Å². The highest BCUT2D eigenvalue weighted by Gasteiger charge is 2.21. The second kappa shape index (κ2) is 26.3. The lowest BCUT2D eigenvalue weighted by Gasteiger charge is -2.26. The zero-order chi connectivity index (χ0) is 71.2. The molecule has 0 aliphatic heterocycles. The molecule has 0 fully saturated rings. The average molecular weight is 1410 g/mol. The van der Waals surface area contributed by atoms with Gasteiger partial charge in [0.2, 0.25) is 0 Å². The Hall–Kier alpha value is -13.5. The molecule has 0 unspecified atom stereocenters. The molecule has 0 saturated carbocycles. The lowest BCUT2D eigenvalue weighted by molar-refractivity contribution is 1.28. The van der Waals surface area contributed by atoms with Gasteiger partial charge in [0.1, 0.15) is 0 Å². The Morgan fingerprint density at radius 3 is 0.926 bits per heavy atom. The molecule has 0 spiro atoms. The maximum Gasteiger partial charge on any atom is 0.0467 e. The maximum atomic E-state index is 2.42. The fourth-order valence-corrected chi connectivity index (χ4v) is 19.4. The van der Waals surface area contributed by atoms with Crippen molar-refractivity contribution in [1.82, 2.24) is 0 Å². The molecule has 2 aromatic heterocycles. The largest absolute Gasteiger partial charge is 0.310 e. The van der Waals surface area contributed by atoms with Crippen molar-refractivity contribution < 1.29 is 0 Å². The SMILES string of the molecule is c1cc(-c2cccc3ccccc23)cc(N(c2ccc(-c3ccc(-c4cccc5c(-c6cccc(N(c7ccc(-c8ccc9c%10ccccc%10c%10ccccc%10c9c8)cc7)c7ccc(-c8cccc9c8sc8ccccc89)cc7)c6)cccc45)cc3)cc2)c2ccc(-c3cccc4c3sc3ccccc34)cc2)c1. The van der Waals surface area contributed by atoms with E-state index in [1.54, 1.807) is 0 Å². The van der Waals surface area contributed by atoms with E-state index in [1.807, 2.05) is 22.7 Å². The third kappa shape index (κ3) is 10.9. The summed E-state index contributed by atoms with van der Waals surface area (Å²) in [4.78, 5) is 4.81. The van der Waals surface area contributed by atoms with E-state index in [0.717, 1.165) is 50.8 Å². The summed E-state index contributed by atoms with van der Waals surface area (Å²) >= 11 is 3.75. The van der Waals surface area contributed by atoms with Gasteiger partial charge in [0.05, 0.1) is 0 Å². The van der Waals surface area contributed by atoms with Crippen LogP contribution in [-0.2, 0) is 0 Å². The molecule has 0 saturated heterocycles. The average Bonchev–Trinajstić information content (AvgIpc) is 0.825. The van der Waals surface area contributed by atoms with Crippen LogP contribution in [0.15, 0.2) is 400 Å². The summed E-state index contributed by atoms with van der Waals surface area (Å²) in [5, 5.41) is 17.8. The molecule has 0 atom stereocenters. The molecule has 0 aliphatic rings. The molecule has 4 heteroatoms. The lowest BCUT2D eigenvalue weighted by Crippen LogP contribution is -2.10. The second-order valence-electron chi connectivity index (χ2n) is 28.2. The predicted molar refractivity (Wildman–Crippen MR) is 467 cm³/mol. The Labute approximate surface area is 634 Å². The summed E-state index contributed by atoms with van der Waals surface area (Å²) in [5.41, 5.74) is 23.1. The second-order valence-corrected chi connectivity index (χ2v) is 30.3. The predicted octanol–water partition coefficient (Wildman–Crippen LogP) is 30.8. The summed E-state index contributed by atoms with van der Waals surface area (Å²) in [6.45, 7) is 0. The van der Waals surface area contributed by atoms with Gasteiger partial charge in [0.15, 0.2) is 0 Å². The zero-order valence-corrected chi connectivity index (χ0v) is 60.4. The number of benzene rings is 19. The number of rotatable bonds is 13. The fourth-order valence-electron chi connectivity index (χ4n) is 16.9. The zero-order valence-electron chi connectivity index (χ0n) is 58.8. The molecule has 0 amide bonds. The van der Waals surface area contributed by atoms with Crippen LogP contribution in [0.1, 0.15) is 0 Å². The van der Waals surface area contributed by atoms with Crippen molar-refractivity contribution in [3.05, 3.63) is 400 Å². The van der Waals surface area contributed by atoms with Gasteiger partial charge >= 0.3 is 0 Å². The van der Waals surface area contributed by atoms with Gasteiger partial charge in [-0.1, -0.05) is 309 Å². The lowest BCUT2D eigenvalue weighted by atomic mass is 9.92. The Bertz CT molecular complexity index is 7050. The minimum Gasteiger partial charge on any atom is -0.310 e. The van der Waals surface area contributed by atoms with Gasteiger partial charge in [-0.05, 0) is 223 Å². The third-order valence-electron chi connectivity index (χ3n) is 22.1. The first-order valence-corrected chi connectivity index (χ1v) is 38.6. The van der Waals surface area contributed by atoms with Crippen LogP contribution < -0.4 is 9.80 Å². The summed E-state index contributed by atoms with van der Waals surface area (Å²) in [6, 6.07) is 148. The number of nitrogens with zero attached hydrogens (tertiary/aromatic N) is 2. The smallest absolute Gasteiger partial charge is 0.0467 e. The minimum absolute atomic E-state index is 1.07. The van der Waals surface area contributed by atoms with Crippen LogP contribution in [0, 0.1) is 0 Å². The van der Waals surface area contributed by atoms with Crippen molar-refractivity contribution in [3.63, 3.8) is 0 Å². The van der Waals surface area contributed by atoms with E-state index >= 15 is 0 Å². The van der Waals surface area contributed by atoms with Crippen LogP contribution in [0.5, 0.6) is 0 Å². The van der Waals surface area contributed by atoms with Gasteiger partial charge in [-0.3, -0.25) is 0 Å². The molecule has 2 nitrogen and oxygen atoms in total. The number of hydrogen-bond donors (Lipinski definition) is 0. The molecule has 19 aromatic carbocycles. The number of anilines is 6. The van der Waals surface area contributed by atoms with E-state index in [-0.39, 0.29) is 0 Å². The van der Waals surface area contributed by atoms with E-state index in [0.29, 0.717) is 0 Å². The Morgan fingerprint density at radius 1 is 0.148 bits per heavy atom. The monoisotopic (exact) mass is 1410 g/mol. The quantitative estimate of drug-likeness (QED) is 0.106. The molecule has 108 heavy (non-hydrogen) atoms. The summed E-state index contributed by atoms with van der Waals surface area (Å²) < 4.78 is 5.25. The Balaban J connectivity index is 0.605. The molecule has 0 N–H and O–H groups in total. The Morgan fingerprint density at radius 2 is 0.444 bits per heavy atom. The molecule has 21 aromatic rings. The summed E-state index contributed by atoms with van der Waals surface area (Å²) in [6.07, 6.45) is 0. The van der Waals surface area contributed by atoms with Gasteiger partial charge in [0.25, 0.3) is 0 Å². The highest BCUT2D eigenvalue weighted by atomic mass is 32.1. The first-order chi connectivity index (χ1) is 53.5. The fraction of sp³-hybridized carbons (Fsp3) is 0. The van der Waals surface area contributed by atoms with Crippen LogP contribution in [0.25, 0.3) is 172 Å². The molecular formula is C104H66N2S2. The molecule has 0 bridgehead atoms. The van der Waals surface area contributed by atoms with Gasteiger partial charge in [0, 0.05) is 74.5 Å².